The van der Waals surface area contributed by atoms with E-state index in [4.69, 9.17) is 0 Å². The van der Waals surface area contributed by atoms with Crippen molar-refractivity contribution in [2.24, 2.45) is 0 Å². The molecule has 1 amide bonds. The first-order chi connectivity index (χ1) is 12.1. The van der Waals surface area contributed by atoms with Crippen molar-refractivity contribution in [3.8, 4) is 0 Å². The molecule has 2 aromatic rings. The van der Waals surface area contributed by atoms with Gasteiger partial charge in [0.2, 0.25) is 5.91 Å². The standard InChI is InChI=1S/C21H27N3O/c1-17-8-9-18(2)20(14-17)22-21(25)16-24-12-10-23(11-13-24)15-19-6-4-3-5-7-19/h3-9,14H,10-13,15-16H2,1-2H3,(H,22,25). The number of rotatable bonds is 5. The van der Waals surface area contributed by atoms with Crippen LogP contribution in [0.1, 0.15) is 16.7 Å². The number of hydrogen-bond acceptors (Lipinski definition) is 3. The molecular weight excluding hydrogens is 310 g/mol. The van der Waals surface area contributed by atoms with Crippen LogP contribution in [0.2, 0.25) is 0 Å². The summed E-state index contributed by atoms with van der Waals surface area (Å²) in [5.41, 5.74) is 4.54. The summed E-state index contributed by atoms with van der Waals surface area (Å²) in [6, 6.07) is 16.7. The minimum absolute atomic E-state index is 0.0743. The molecule has 1 saturated heterocycles. The lowest BCUT2D eigenvalue weighted by molar-refractivity contribution is -0.117. The number of piperazine rings is 1. The monoisotopic (exact) mass is 337 g/mol. The van der Waals surface area contributed by atoms with Gasteiger partial charge in [0.1, 0.15) is 0 Å². The predicted molar refractivity (Wildman–Crippen MR) is 103 cm³/mol. The van der Waals surface area contributed by atoms with Gasteiger partial charge in [-0.25, -0.2) is 0 Å². The average molecular weight is 337 g/mol. The highest BCUT2D eigenvalue weighted by molar-refractivity contribution is 5.93. The number of carbonyl (C=O) groups excluding carboxylic acids is 1. The lowest BCUT2D eigenvalue weighted by Crippen LogP contribution is -2.48. The van der Waals surface area contributed by atoms with E-state index in [1.165, 1.54) is 5.56 Å². The number of carbonyl (C=O) groups is 1. The van der Waals surface area contributed by atoms with Gasteiger partial charge in [-0.2, -0.15) is 0 Å². The Morgan fingerprint density at radius 3 is 2.36 bits per heavy atom. The van der Waals surface area contributed by atoms with Gasteiger partial charge in [-0.3, -0.25) is 14.6 Å². The van der Waals surface area contributed by atoms with Crippen LogP contribution in [0, 0.1) is 13.8 Å². The minimum Gasteiger partial charge on any atom is -0.325 e. The summed E-state index contributed by atoms with van der Waals surface area (Å²) in [7, 11) is 0. The van der Waals surface area contributed by atoms with Crippen molar-refractivity contribution in [3.63, 3.8) is 0 Å². The molecule has 0 aliphatic carbocycles. The number of anilines is 1. The van der Waals surface area contributed by atoms with Crippen LogP contribution in [0.3, 0.4) is 0 Å². The van der Waals surface area contributed by atoms with E-state index < -0.39 is 0 Å². The Bertz CT molecular complexity index is 706. The number of amides is 1. The Kier molecular flexibility index (Phi) is 5.84. The first-order valence-corrected chi connectivity index (χ1v) is 8.96. The number of hydrogen-bond donors (Lipinski definition) is 1. The fourth-order valence-corrected chi connectivity index (χ4v) is 3.21. The number of aryl methyl sites for hydroxylation is 2. The van der Waals surface area contributed by atoms with Gasteiger partial charge in [-0.15, -0.1) is 0 Å². The summed E-state index contributed by atoms with van der Waals surface area (Å²) in [6.45, 7) is 9.41. The predicted octanol–water partition coefficient (Wildman–Crippen LogP) is 3.06. The summed E-state index contributed by atoms with van der Waals surface area (Å²) in [5.74, 6) is 0.0743. The third-order valence-corrected chi connectivity index (χ3v) is 4.75. The van der Waals surface area contributed by atoms with Gasteiger partial charge in [0.05, 0.1) is 6.54 Å². The van der Waals surface area contributed by atoms with Gasteiger partial charge < -0.3 is 5.32 Å². The molecule has 1 fully saturated rings. The Morgan fingerprint density at radius 2 is 1.64 bits per heavy atom. The molecule has 0 bridgehead atoms. The Labute approximate surface area is 150 Å². The highest BCUT2D eigenvalue weighted by atomic mass is 16.2. The second kappa shape index (κ2) is 8.28. The zero-order valence-electron chi connectivity index (χ0n) is 15.2. The second-order valence-electron chi connectivity index (χ2n) is 6.90. The van der Waals surface area contributed by atoms with E-state index in [9.17, 15) is 4.79 Å². The molecule has 1 aliphatic heterocycles. The van der Waals surface area contributed by atoms with Crippen molar-refractivity contribution in [2.75, 3.05) is 38.0 Å². The van der Waals surface area contributed by atoms with Gasteiger partial charge in [-0.1, -0.05) is 42.5 Å². The molecule has 4 heteroatoms. The van der Waals surface area contributed by atoms with Crippen molar-refractivity contribution < 1.29 is 4.79 Å². The van der Waals surface area contributed by atoms with E-state index in [-0.39, 0.29) is 5.91 Å². The lowest BCUT2D eigenvalue weighted by atomic mass is 10.1. The molecule has 0 radical (unpaired) electrons. The summed E-state index contributed by atoms with van der Waals surface area (Å²) in [5, 5.41) is 3.06. The van der Waals surface area contributed by atoms with E-state index in [1.807, 2.05) is 26.0 Å². The van der Waals surface area contributed by atoms with Gasteiger partial charge in [0, 0.05) is 38.4 Å². The summed E-state index contributed by atoms with van der Waals surface area (Å²) >= 11 is 0. The maximum atomic E-state index is 12.4. The van der Waals surface area contributed by atoms with Crippen molar-refractivity contribution in [1.82, 2.24) is 9.80 Å². The first-order valence-electron chi connectivity index (χ1n) is 8.96. The van der Waals surface area contributed by atoms with E-state index in [0.29, 0.717) is 6.54 Å². The summed E-state index contributed by atoms with van der Waals surface area (Å²) < 4.78 is 0. The van der Waals surface area contributed by atoms with Crippen LogP contribution < -0.4 is 5.32 Å². The number of nitrogens with zero attached hydrogens (tertiary/aromatic N) is 2. The SMILES string of the molecule is Cc1ccc(C)c(NC(=O)CN2CCN(Cc3ccccc3)CC2)c1. The van der Waals surface area contributed by atoms with E-state index in [2.05, 4.69) is 51.5 Å². The van der Waals surface area contributed by atoms with Crippen molar-refractivity contribution in [1.29, 1.82) is 0 Å². The molecule has 0 aromatic heterocycles. The zero-order valence-corrected chi connectivity index (χ0v) is 15.2. The maximum Gasteiger partial charge on any atom is 0.238 e. The molecule has 2 aromatic carbocycles. The van der Waals surface area contributed by atoms with Crippen molar-refractivity contribution in [2.45, 2.75) is 20.4 Å². The van der Waals surface area contributed by atoms with Gasteiger partial charge in [-0.05, 0) is 36.6 Å². The molecule has 25 heavy (non-hydrogen) atoms. The Morgan fingerprint density at radius 1 is 0.960 bits per heavy atom. The number of benzene rings is 2. The summed E-state index contributed by atoms with van der Waals surface area (Å²) in [4.78, 5) is 17.0. The molecule has 0 unspecified atom stereocenters. The molecule has 1 aliphatic rings. The van der Waals surface area contributed by atoms with Crippen molar-refractivity contribution in [3.05, 3.63) is 65.2 Å². The smallest absolute Gasteiger partial charge is 0.238 e. The normalized spacial score (nSPS) is 15.9. The molecule has 0 atom stereocenters. The molecule has 0 saturated carbocycles. The fraction of sp³-hybridized carbons (Fsp3) is 0.381. The van der Waals surface area contributed by atoms with E-state index >= 15 is 0 Å². The van der Waals surface area contributed by atoms with E-state index in [1.54, 1.807) is 0 Å². The molecule has 3 rings (SSSR count). The Hall–Kier alpha value is -2.17. The van der Waals surface area contributed by atoms with Crippen molar-refractivity contribution >= 4 is 11.6 Å². The third kappa shape index (κ3) is 5.15. The average Bonchev–Trinajstić information content (AvgIpc) is 2.61. The highest BCUT2D eigenvalue weighted by Crippen LogP contribution is 2.16. The first kappa shape index (κ1) is 17.6. The highest BCUT2D eigenvalue weighted by Gasteiger charge is 2.19. The second-order valence-corrected chi connectivity index (χ2v) is 6.90. The van der Waals surface area contributed by atoms with Crippen LogP contribution in [-0.2, 0) is 11.3 Å². The molecule has 132 valence electrons. The third-order valence-electron chi connectivity index (χ3n) is 4.75. The zero-order chi connectivity index (χ0) is 17.6. The molecule has 1 N–H and O–H groups in total. The minimum atomic E-state index is 0.0743. The van der Waals surface area contributed by atoms with Gasteiger partial charge in [0.15, 0.2) is 0 Å². The van der Waals surface area contributed by atoms with E-state index in [0.717, 1.165) is 49.5 Å². The van der Waals surface area contributed by atoms with Gasteiger partial charge >= 0.3 is 0 Å². The van der Waals surface area contributed by atoms with Gasteiger partial charge in [0.25, 0.3) is 0 Å². The van der Waals surface area contributed by atoms with Crippen LogP contribution in [-0.4, -0.2) is 48.4 Å². The molecule has 1 heterocycles. The summed E-state index contributed by atoms with van der Waals surface area (Å²) in [6.07, 6.45) is 0. The lowest BCUT2D eigenvalue weighted by Gasteiger charge is -2.34. The van der Waals surface area contributed by atoms with Crippen LogP contribution in [0.4, 0.5) is 5.69 Å². The molecule has 0 spiro atoms. The molecular formula is C21H27N3O. The molecule has 4 nitrogen and oxygen atoms in total. The largest absolute Gasteiger partial charge is 0.325 e. The van der Waals surface area contributed by atoms with Crippen LogP contribution >= 0.6 is 0 Å². The van der Waals surface area contributed by atoms with Crippen LogP contribution in [0.25, 0.3) is 0 Å². The maximum absolute atomic E-state index is 12.4. The Balaban J connectivity index is 1.45. The quantitative estimate of drug-likeness (QED) is 0.911. The number of nitrogens with one attached hydrogen (secondary N) is 1. The topological polar surface area (TPSA) is 35.6 Å². The van der Waals surface area contributed by atoms with Crippen LogP contribution in [0.15, 0.2) is 48.5 Å². The van der Waals surface area contributed by atoms with Crippen LogP contribution in [0.5, 0.6) is 0 Å². The fourth-order valence-electron chi connectivity index (χ4n) is 3.21.